The van der Waals surface area contributed by atoms with Crippen LogP contribution in [0.3, 0.4) is 0 Å². The largest absolute Gasteiger partial charge is 0.392 e. The molecule has 1 unspecified atom stereocenters. The number of aliphatic hydroxyl groups excluding tert-OH is 1. The maximum atomic E-state index is 9.82. The van der Waals surface area contributed by atoms with Gasteiger partial charge in [-0.3, -0.25) is 4.90 Å². The van der Waals surface area contributed by atoms with E-state index in [1.165, 1.54) is 44.6 Å². The van der Waals surface area contributed by atoms with Crippen LogP contribution in [-0.2, 0) is 6.42 Å². The second-order valence-electron chi connectivity index (χ2n) is 6.60. The Morgan fingerprint density at radius 1 is 1.00 bits per heavy atom. The van der Waals surface area contributed by atoms with Crippen LogP contribution < -0.4 is 0 Å². The van der Waals surface area contributed by atoms with Crippen LogP contribution in [0.2, 0.25) is 0 Å². The van der Waals surface area contributed by atoms with Gasteiger partial charge in [-0.1, -0.05) is 30.3 Å². The highest BCUT2D eigenvalue weighted by Crippen LogP contribution is 2.21. The van der Waals surface area contributed by atoms with Crippen LogP contribution in [0.15, 0.2) is 30.3 Å². The second-order valence-corrected chi connectivity index (χ2v) is 6.60. The molecule has 1 aromatic carbocycles. The number of aliphatic hydroxyl groups is 1. The standard InChI is InChI=1S/C18H28N2O/c21-18-7-4-11-20(15-18)17-9-13-19(14-10-17)12-8-16-5-2-1-3-6-16/h1-3,5-6,17-18,21H,4,7-15H2. The van der Waals surface area contributed by atoms with E-state index in [1.807, 2.05) is 0 Å². The molecule has 0 bridgehead atoms. The van der Waals surface area contributed by atoms with E-state index >= 15 is 0 Å². The van der Waals surface area contributed by atoms with Gasteiger partial charge in [-0.2, -0.15) is 0 Å². The van der Waals surface area contributed by atoms with E-state index in [9.17, 15) is 5.11 Å². The number of β-amino-alcohol motifs (C(OH)–C–C–N with tert-alkyl or cyclic N) is 1. The zero-order valence-corrected chi connectivity index (χ0v) is 13.0. The third kappa shape index (κ3) is 4.29. The van der Waals surface area contributed by atoms with Gasteiger partial charge in [0.2, 0.25) is 0 Å². The van der Waals surface area contributed by atoms with Crippen molar-refractivity contribution in [3.05, 3.63) is 35.9 Å². The minimum absolute atomic E-state index is 0.0881. The molecule has 0 spiro atoms. The fraction of sp³-hybridized carbons (Fsp3) is 0.667. The highest BCUT2D eigenvalue weighted by atomic mass is 16.3. The van der Waals surface area contributed by atoms with Crippen molar-refractivity contribution >= 4 is 0 Å². The summed E-state index contributed by atoms with van der Waals surface area (Å²) >= 11 is 0. The molecule has 21 heavy (non-hydrogen) atoms. The Labute approximate surface area is 128 Å². The van der Waals surface area contributed by atoms with Gasteiger partial charge in [-0.25, -0.2) is 0 Å². The number of nitrogens with zero attached hydrogens (tertiary/aromatic N) is 2. The van der Waals surface area contributed by atoms with Crippen LogP contribution in [0.5, 0.6) is 0 Å². The Balaban J connectivity index is 1.40. The molecule has 3 heteroatoms. The fourth-order valence-corrected chi connectivity index (χ4v) is 3.75. The highest BCUT2D eigenvalue weighted by molar-refractivity contribution is 5.14. The molecule has 2 aliphatic heterocycles. The molecule has 3 nitrogen and oxygen atoms in total. The van der Waals surface area contributed by atoms with E-state index in [0.29, 0.717) is 6.04 Å². The van der Waals surface area contributed by atoms with Crippen molar-refractivity contribution in [1.29, 1.82) is 0 Å². The predicted molar refractivity (Wildman–Crippen MR) is 86.4 cm³/mol. The van der Waals surface area contributed by atoms with Crippen molar-refractivity contribution in [1.82, 2.24) is 9.80 Å². The topological polar surface area (TPSA) is 26.7 Å². The molecular weight excluding hydrogens is 260 g/mol. The van der Waals surface area contributed by atoms with Crippen LogP contribution in [0.25, 0.3) is 0 Å². The molecule has 1 N–H and O–H groups in total. The molecule has 1 atom stereocenters. The minimum Gasteiger partial charge on any atom is -0.392 e. The maximum Gasteiger partial charge on any atom is 0.0667 e. The first kappa shape index (κ1) is 15.0. The molecule has 2 fully saturated rings. The van der Waals surface area contributed by atoms with Crippen molar-refractivity contribution in [3.63, 3.8) is 0 Å². The van der Waals surface area contributed by atoms with Gasteiger partial charge in [-0.15, -0.1) is 0 Å². The summed E-state index contributed by atoms with van der Waals surface area (Å²) in [7, 11) is 0. The molecular formula is C18H28N2O. The summed E-state index contributed by atoms with van der Waals surface area (Å²) in [5.41, 5.74) is 1.44. The first-order valence-corrected chi connectivity index (χ1v) is 8.49. The van der Waals surface area contributed by atoms with Crippen molar-refractivity contribution in [2.45, 2.75) is 44.2 Å². The molecule has 0 amide bonds. The van der Waals surface area contributed by atoms with E-state index in [4.69, 9.17) is 0 Å². The Morgan fingerprint density at radius 3 is 2.48 bits per heavy atom. The third-order valence-corrected chi connectivity index (χ3v) is 5.06. The van der Waals surface area contributed by atoms with Crippen LogP contribution in [0.1, 0.15) is 31.2 Å². The van der Waals surface area contributed by atoms with Gasteiger partial charge >= 0.3 is 0 Å². The second kappa shape index (κ2) is 7.39. The van der Waals surface area contributed by atoms with Crippen LogP contribution in [0.4, 0.5) is 0 Å². The van der Waals surface area contributed by atoms with E-state index in [2.05, 4.69) is 40.1 Å². The van der Waals surface area contributed by atoms with Crippen LogP contribution in [-0.4, -0.2) is 59.8 Å². The molecule has 3 rings (SSSR count). The van der Waals surface area contributed by atoms with Crippen molar-refractivity contribution in [2.75, 3.05) is 32.7 Å². The average Bonchev–Trinajstić information content (AvgIpc) is 2.54. The molecule has 2 heterocycles. The van der Waals surface area contributed by atoms with Gasteiger partial charge in [0.1, 0.15) is 0 Å². The molecule has 116 valence electrons. The SMILES string of the molecule is OC1CCCN(C2CCN(CCc3ccccc3)CC2)C1. The van der Waals surface area contributed by atoms with Gasteiger partial charge in [0.05, 0.1) is 6.10 Å². The molecule has 1 aromatic rings. The van der Waals surface area contributed by atoms with Gasteiger partial charge in [0.15, 0.2) is 0 Å². The lowest BCUT2D eigenvalue weighted by molar-refractivity contribution is 0.0254. The summed E-state index contributed by atoms with van der Waals surface area (Å²) in [6.45, 7) is 5.69. The third-order valence-electron chi connectivity index (χ3n) is 5.06. The average molecular weight is 288 g/mol. The Morgan fingerprint density at radius 2 is 1.76 bits per heavy atom. The van der Waals surface area contributed by atoms with E-state index in [1.54, 1.807) is 0 Å². The van der Waals surface area contributed by atoms with E-state index in [0.717, 1.165) is 25.8 Å². The Kier molecular flexibility index (Phi) is 5.28. The first-order chi connectivity index (χ1) is 10.3. The number of likely N-dealkylation sites (tertiary alicyclic amines) is 2. The van der Waals surface area contributed by atoms with Gasteiger partial charge in [-0.05, 0) is 57.3 Å². The fourth-order valence-electron chi connectivity index (χ4n) is 3.75. The van der Waals surface area contributed by atoms with Gasteiger partial charge < -0.3 is 10.0 Å². The zero-order valence-electron chi connectivity index (χ0n) is 13.0. The maximum absolute atomic E-state index is 9.82. The number of hydrogen-bond acceptors (Lipinski definition) is 3. The van der Waals surface area contributed by atoms with Gasteiger partial charge in [0, 0.05) is 19.1 Å². The molecule has 2 aliphatic rings. The lowest BCUT2D eigenvalue weighted by atomic mass is 9.98. The number of benzene rings is 1. The molecule has 0 aliphatic carbocycles. The minimum atomic E-state index is -0.0881. The quantitative estimate of drug-likeness (QED) is 0.919. The first-order valence-electron chi connectivity index (χ1n) is 8.49. The molecule has 0 saturated carbocycles. The lowest BCUT2D eigenvalue weighted by Gasteiger charge is -2.41. The Hall–Kier alpha value is -0.900. The van der Waals surface area contributed by atoms with Crippen LogP contribution >= 0.6 is 0 Å². The smallest absolute Gasteiger partial charge is 0.0667 e. The number of hydrogen-bond donors (Lipinski definition) is 1. The lowest BCUT2D eigenvalue weighted by Crippen LogP contribution is -2.49. The normalized spacial score (nSPS) is 26.0. The van der Waals surface area contributed by atoms with Gasteiger partial charge in [0.25, 0.3) is 0 Å². The predicted octanol–water partition coefficient (Wildman–Crippen LogP) is 2.15. The summed E-state index contributed by atoms with van der Waals surface area (Å²) < 4.78 is 0. The number of rotatable bonds is 4. The summed E-state index contributed by atoms with van der Waals surface area (Å²) in [6, 6.07) is 11.5. The van der Waals surface area contributed by atoms with Crippen molar-refractivity contribution < 1.29 is 5.11 Å². The summed E-state index contributed by atoms with van der Waals surface area (Å²) in [5, 5.41) is 9.82. The molecule has 2 saturated heterocycles. The Bertz CT molecular complexity index is 414. The van der Waals surface area contributed by atoms with Crippen molar-refractivity contribution in [3.8, 4) is 0 Å². The molecule has 0 aromatic heterocycles. The molecule has 0 radical (unpaired) electrons. The van der Waals surface area contributed by atoms with Crippen LogP contribution in [0, 0.1) is 0 Å². The van der Waals surface area contributed by atoms with Crippen molar-refractivity contribution in [2.24, 2.45) is 0 Å². The van der Waals surface area contributed by atoms with E-state index in [-0.39, 0.29) is 6.10 Å². The van der Waals surface area contributed by atoms with E-state index < -0.39 is 0 Å². The zero-order chi connectivity index (χ0) is 14.5. The number of piperidine rings is 2. The monoisotopic (exact) mass is 288 g/mol. The summed E-state index contributed by atoms with van der Waals surface area (Å²) in [4.78, 5) is 5.13. The summed E-state index contributed by atoms with van der Waals surface area (Å²) in [5.74, 6) is 0. The summed E-state index contributed by atoms with van der Waals surface area (Å²) in [6.07, 6.45) is 5.76. The highest BCUT2D eigenvalue weighted by Gasteiger charge is 2.27.